The fourth-order valence-corrected chi connectivity index (χ4v) is 3.19. The third-order valence-corrected chi connectivity index (χ3v) is 4.57. The van der Waals surface area contributed by atoms with E-state index in [4.69, 9.17) is 37.4 Å². The first-order valence-electron chi connectivity index (χ1n) is 9.14. The lowest BCUT2D eigenvalue weighted by molar-refractivity contribution is 0.284. The standard InChI is InChI=1S/C22H22Cl2N2O3/c1-27-20-13-17(14-25-9-10-28-21-7-2-3-8-26-21)12-19(24)22(20)29-15-16-5-4-6-18(23)11-16/h2-8,11-13,25H,9-10,14-15H2,1H3. The van der Waals surface area contributed by atoms with Gasteiger partial charge in [-0.15, -0.1) is 0 Å². The molecule has 0 aliphatic rings. The SMILES string of the molecule is COc1cc(CNCCOc2ccccn2)cc(Cl)c1OCc1cccc(Cl)c1. The molecule has 29 heavy (non-hydrogen) atoms. The average molecular weight is 433 g/mol. The Morgan fingerprint density at radius 2 is 1.86 bits per heavy atom. The molecule has 0 fully saturated rings. The summed E-state index contributed by atoms with van der Waals surface area (Å²) >= 11 is 12.5. The number of ether oxygens (including phenoxy) is 3. The predicted molar refractivity (Wildman–Crippen MR) is 115 cm³/mol. The maximum absolute atomic E-state index is 6.44. The third kappa shape index (κ3) is 6.53. The second-order valence-corrected chi connectivity index (χ2v) is 7.06. The van der Waals surface area contributed by atoms with Crippen LogP contribution in [0, 0.1) is 0 Å². The summed E-state index contributed by atoms with van der Waals surface area (Å²) < 4.78 is 16.9. The normalized spacial score (nSPS) is 10.6. The molecule has 152 valence electrons. The summed E-state index contributed by atoms with van der Waals surface area (Å²) in [5, 5.41) is 4.47. The molecule has 0 amide bonds. The lowest BCUT2D eigenvalue weighted by Gasteiger charge is -2.15. The highest BCUT2D eigenvalue weighted by atomic mass is 35.5. The number of halogens is 2. The van der Waals surface area contributed by atoms with Gasteiger partial charge in [-0.2, -0.15) is 0 Å². The molecule has 0 bridgehead atoms. The fraction of sp³-hybridized carbons (Fsp3) is 0.227. The van der Waals surface area contributed by atoms with Crippen LogP contribution < -0.4 is 19.5 Å². The van der Waals surface area contributed by atoms with Crippen LogP contribution in [0.15, 0.2) is 60.8 Å². The fourth-order valence-electron chi connectivity index (χ4n) is 2.69. The number of methoxy groups -OCH3 is 1. The van der Waals surface area contributed by atoms with Crippen molar-refractivity contribution in [1.82, 2.24) is 10.3 Å². The number of rotatable bonds is 10. The van der Waals surface area contributed by atoms with E-state index in [0.29, 0.717) is 53.7 Å². The lowest BCUT2D eigenvalue weighted by atomic mass is 10.2. The lowest BCUT2D eigenvalue weighted by Crippen LogP contribution is -2.20. The van der Waals surface area contributed by atoms with Gasteiger partial charge in [0.1, 0.15) is 13.2 Å². The topological polar surface area (TPSA) is 52.6 Å². The zero-order chi connectivity index (χ0) is 20.5. The van der Waals surface area contributed by atoms with Gasteiger partial charge in [0.15, 0.2) is 11.5 Å². The molecule has 0 unspecified atom stereocenters. The highest BCUT2D eigenvalue weighted by Gasteiger charge is 2.12. The molecule has 5 nitrogen and oxygen atoms in total. The van der Waals surface area contributed by atoms with Crippen LogP contribution in [0.2, 0.25) is 10.0 Å². The van der Waals surface area contributed by atoms with E-state index in [2.05, 4.69) is 10.3 Å². The molecule has 1 aromatic heterocycles. The van der Waals surface area contributed by atoms with Crippen molar-refractivity contribution in [2.75, 3.05) is 20.3 Å². The summed E-state index contributed by atoms with van der Waals surface area (Å²) in [6.45, 7) is 2.15. The molecule has 0 spiro atoms. The van der Waals surface area contributed by atoms with E-state index in [-0.39, 0.29) is 0 Å². The Morgan fingerprint density at radius 3 is 2.62 bits per heavy atom. The van der Waals surface area contributed by atoms with Crippen LogP contribution in [0.1, 0.15) is 11.1 Å². The first-order valence-corrected chi connectivity index (χ1v) is 9.89. The molecule has 0 saturated carbocycles. The van der Waals surface area contributed by atoms with Crippen molar-refractivity contribution in [3.8, 4) is 17.4 Å². The van der Waals surface area contributed by atoms with E-state index >= 15 is 0 Å². The zero-order valence-corrected chi connectivity index (χ0v) is 17.5. The van der Waals surface area contributed by atoms with E-state index < -0.39 is 0 Å². The van der Waals surface area contributed by atoms with Crippen LogP contribution in [0.25, 0.3) is 0 Å². The molecule has 0 atom stereocenters. The first kappa shape index (κ1) is 21.2. The summed E-state index contributed by atoms with van der Waals surface area (Å²) in [5.74, 6) is 1.71. The monoisotopic (exact) mass is 432 g/mol. The van der Waals surface area contributed by atoms with Crippen LogP contribution in [-0.2, 0) is 13.2 Å². The van der Waals surface area contributed by atoms with Crippen molar-refractivity contribution in [1.29, 1.82) is 0 Å². The molecule has 0 saturated heterocycles. The molecule has 0 aliphatic heterocycles. The van der Waals surface area contributed by atoms with Crippen LogP contribution in [0.5, 0.6) is 17.4 Å². The predicted octanol–water partition coefficient (Wildman–Crippen LogP) is 5.14. The van der Waals surface area contributed by atoms with Crippen molar-refractivity contribution >= 4 is 23.2 Å². The van der Waals surface area contributed by atoms with Gasteiger partial charge in [0.25, 0.3) is 0 Å². The summed E-state index contributed by atoms with van der Waals surface area (Å²) in [6, 6.07) is 16.8. The average Bonchev–Trinajstić information content (AvgIpc) is 2.73. The number of nitrogens with one attached hydrogen (secondary N) is 1. The Hall–Kier alpha value is -2.47. The highest BCUT2D eigenvalue weighted by molar-refractivity contribution is 6.32. The van der Waals surface area contributed by atoms with Crippen molar-refractivity contribution < 1.29 is 14.2 Å². The molecule has 3 rings (SSSR count). The summed E-state index contributed by atoms with van der Waals surface area (Å²) in [5.41, 5.74) is 1.94. The van der Waals surface area contributed by atoms with Gasteiger partial charge in [-0.25, -0.2) is 4.98 Å². The highest BCUT2D eigenvalue weighted by Crippen LogP contribution is 2.37. The van der Waals surface area contributed by atoms with Gasteiger partial charge < -0.3 is 19.5 Å². The van der Waals surface area contributed by atoms with Crippen molar-refractivity contribution in [2.45, 2.75) is 13.2 Å². The maximum Gasteiger partial charge on any atom is 0.213 e. The summed E-state index contributed by atoms with van der Waals surface area (Å²) in [7, 11) is 1.59. The molecule has 1 N–H and O–H groups in total. The van der Waals surface area contributed by atoms with Gasteiger partial charge in [0, 0.05) is 30.4 Å². The molecule has 1 heterocycles. The van der Waals surface area contributed by atoms with Gasteiger partial charge >= 0.3 is 0 Å². The second kappa shape index (κ2) is 10.9. The Morgan fingerprint density at radius 1 is 0.966 bits per heavy atom. The van der Waals surface area contributed by atoms with Crippen molar-refractivity contribution in [3.05, 3.63) is 82.0 Å². The van der Waals surface area contributed by atoms with E-state index in [0.717, 1.165) is 11.1 Å². The first-order chi connectivity index (χ1) is 14.2. The molecule has 7 heteroatoms. The Kier molecular flexibility index (Phi) is 7.99. The summed E-state index contributed by atoms with van der Waals surface area (Å²) in [6.07, 6.45) is 1.70. The Balaban J connectivity index is 1.53. The molecular weight excluding hydrogens is 411 g/mol. The van der Waals surface area contributed by atoms with E-state index in [1.807, 2.05) is 54.6 Å². The van der Waals surface area contributed by atoms with Crippen molar-refractivity contribution in [3.63, 3.8) is 0 Å². The quantitative estimate of drug-likeness (QED) is 0.449. The third-order valence-electron chi connectivity index (χ3n) is 4.06. The number of pyridine rings is 1. The van der Waals surface area contributed by atoms with Gasteiger partial charge in [0.05, 0.1) is 12.1 Å². The van der Waals surface area contributed by atoms with Gasteiger partial charge in [-0.05, 0) is 41.5 Å². The second-order valence-electron chi connectivity index (χ2n) is 6.22. The molecule has 3 aromatic rings. The van der Waals surface area contributed by atoms with Crippen LogP contribution in [0.4, 0.5) is 0 Å². The summed E-state index contributed by atoms with van der Waals surface area (Å²) in [4.78, 5) is 4.12. The minimum absolute atomic E-state index is 0.346. The Bertz CT molecular complexity index is 923. The molecule has 0 radical (unpaired) electrons. The van der Waals surface area contributed by atoms with Crippen molar-refractivity contribution in [2.24, 2.45) is 0 Å². The Labute approximate surface area is 180 Å². The van der Waals surface area contributed by atoms with Gasteiger partial charge in [-0.1, -0.05) is 41.4 Å². The van der Waals surface area contributed by atoms with Crippen LogP contribution in [0.3, 0.4) is 0 Å². The number of hydrogen-bond donors (Lipinski definition) is 1. The minimum Gasteiger partial charge on any atom is -0.493 e. The van der Waals surface area contributed by atoms with Crippen LogP contribution >= 0.6 is 23.2 Å². The molecule has 2 aromatic carbocycles. The van der Waals surface area contributed by atoms with Crippen LogP contribution in [-0.4, -0.2) is 25.2 Å². The van der Waals surface area contributed by atoms with Gasteiger partial charge in [0.2, 0.25) is 5.88 Å². The number of aromatic nitrogens is 1. The zero-order valence-electron chi connectivity index (χ0n) is 16.0. The van der Waals surface area contributed by atoms with E-state index in [1.54, 1.807) is 13.3 Å². The van der Waals surface area contributed by atoms with Gasteiger partial charge in [-0.3, -0.25) is 0 Å². The molecular formula is C22H22Cl2N2O3. The van der Waals surface area contributed by atoms with E-state index in [9.17, 15) is 0 Å². The number of benzene rings is 2. The molecule has 0 aliphatic carbocycles. The number of hydrogen-bond acceptors (Lipinski definition) is 5. The smallest absolute Gasteiger partial charge is 0.213 e. The minimum atomic E-state index is 0.346. The van der Waals surface area contributed by atoms with E-state index in [1.165, 1.54) is 0 Å². The maximum atomic E-state index is 6.44. The largest absolute Gasteiger partial charge is 0.493 e. The number of nitrogens with zero attached hydrogens (tertiary/aromatic N) is 1.